The molecule has 0 radical (unpaired) electrons. The summed E-state index contributed by atoms with van der Waals surface area (Å²) in [6.45, 7) is 0. The maximum atomic E-state index is 11.3. The van der Waals surface area contributed by atoms with Crippen LogP contribution in [0.1, 0.15) is 0 Å². The number of alkyl halides is 3. The highest BCUT2D eigenvalue weighted by Crippen LogP contribution is 2.52. The summed E-state index contributed by atoms with van der Waals surface area (Å²) in [5.41, 5.74) is -1.90. The molecule has 0 N–H and O–H groups in total. The lowest BCUT2D eigenvalue weighted by Crippen LogP contribution is -2.36. The lowest BCUT2D eigenvalue weighted by atomic mass is 10.7. The first-order valence-electron chi connectivity index (χ1n) is 3.26. The normalized spacial score (nSPS) is 15.0. The lowest BCUT2D eigenvalue weighted by Gasteiger charge is -2.20. The van der Waals surface area contributed by atoms with E-state index < -0.39 is 22.8 Å². The summed E-state index contributed by atoms with van der Waals surface area (Å²) in [6, 6.07) is 0. The van der Waals surface area contributed by atoms with Crippen LogP contribution in [0.4, 0.5) is 0 Å². The van der Waals surface area contributed by atoms with Crippen molar-refractivity contribution in [3.05, 3.63) is 10.1 Å². The molecule has 0 amide bonds. The maximum Gasteiger partial charge on any atom is 0.476 e. The molecule has 0 spiro atoms. The van der Waals surface area contributed by atoms with Gasteiger partial charge in [-0.15, -0.1) is 0 Å². The molecule has 0 aliphatic rings. The molecule has 0 saturated carbocycles. The standard InChI is InChI=1S/C4H7Cl3NO6P/c1-12-15(11,13-2)14-3(5)4(6,7)8(9)10/h3H,1-2H3. The number of nitro groups is 1. The van der Waals surface area contributed by atoms with Crippen LogP contribution in [0.2, 0.25) is 0 Å². The van der Waals surface area contributed by atoms with Crippen molar-refractivity contribution >= 4 is 42.6 Å². The Hall–Kier alpha value is 0.380. The van der Waals surface area contributed by atoms with Crippen LogP contribution in [0.15, 0.2) is 0 Å². The zero-order chi connectivity index (χ0) is 12.3. The van der Waals surface area contributed by atoms with Gasteiger partial charge >= 0.3 is 12.3 Å². The topological polar surface area (TPSA) is 87.9 Å². The molecule has 0 aromatic heterocycles. The molecule has 11 heteroatoms. The SMILES string of the molecule is COP(=O)(OC)OC(Cl)C(Cl)(Cl)[N+](=O)[O-]. The van der Waals surface area contributed by atoms with E-state index in [1.165, 1.54) is 0 Å². The van der Waals surface area contributed by atoms with E-state index in [0.29, 0.717) is 0 Å². The van der Waals surface area contributed by atoms with Crippen molar-refractivity contribution in [2.75, 3.05) is 14.2 Å². The first-order chi connectivity index (χ1) is 6.69. The summed E-state index contributed by atoms with van der Waals surface area (Å²) in [5, 5.41) is 10.3. The predicted molar refractivity (Wildman–Crippen MR) is 53.8 cm³/mol. The predicted octanol–water partition coefficient (Wildman–Crippen LogP) is 2.38. The summed E-state index contributed by atoms with van der Waals surface area (Å²) < 4.78 is 21.8. The van der Waals surface area contributed by atoms with Gasteiger partial charge in [0.15, 0.2) is 0 Å². The fourth-order valence-electron chi connectivity index (χ4n) is 0.420. The Balaban J connectivity index is 4.69. The number of halogens is 3. The molecule has 1 unspecified atom stereocenters. The average Bonchev–Trinajstić information content (AvgIpc) is 2.17. The fraction of sp³-hybridized carbons (Fsp3) is 1.00. The van der Waals surface area contributed by atoms with E-state index in [-0.39, 0.29) is 0 Å². The monoisotopic (exact) mass is 301 g/mol. The number of rotatable bonds is 6. The van der Waals surface area contributed by atoms with Gasteiger partial charge in [-0.25, -0.2) is 4.57 Å². The second-order valence-electron chi connectivity index (χ2n) is 2.08. The number of hydrogen-bond acceptors (Lipinski definition) is 6. The molecule has 0 aliphatic heterocycles. The van der Waals surface area contributed by atoms with Gasteiger partial charge in [0.1, 0.15) is 0 Å². The fourth-order valence-corrected chi connectivity index (χ4v) is 1.71. The van der Waals surface area contributed by atoms with Crippen LogP contribution in [0.5, 0.6) is 0 Å². The summed E-state index contributed by atoms with van der Waals surface area (Å²) in [7, 11) is -1.97. The van der Waals surface area contributed by atoms with E-state index >= 15 is 0 Å². The molecular weight excluding hydrogens is 295 g/mol. The van der Waals surface area contributed by atoms with Crippen LogP contribution in [0.3, 0.4) is 0 Å². The molecule has 0 saturated heterocycles. The minimum Gasteiger partial charge on any atom is -0.290 e. The van der Waals surface area contributed by atoms with Crippen molar-refractivity contribution in [2.45, 2.75) is 10.0 Å². The Labute approximate surface area is 100 Å². The molecule has 0 heterocycles. The van der Waals surface area contributed by atoms with E-state index in [4.69, 9.17) is 34.8 Å². The number of nitrogens with zero attached hydrogens (tertiary/aromatic N) is 1. The third kappa shape index (κ3) is 4.03. The van der Waals surface area contributed by atoms with Gasteiger partial charge in [-0.1, -0.05) is 11.6 Å². The van der Waals surface area contributed by atoms with Crippen molar-refractivity contribution in [3.8, 4) is 0 Å². The summed E-state index contributed by atoms with van der Waals surface area (Å²) in [5.74, 6) is 0. The highest BCUT2D eigenvalue weighted by molar-refractivity contribution is 7.48. The molecule has 0 aromatic rings. The zero-order valence-electron chi connectivity index (χ0n) is 7.56. The molecule has 1 atom stereocenters. The van der Waals surface area contributed by atoms with Crippen molar-refractivity contribution < 1.29 is 23.1 Å². The molecule has 0 bridgehead atoms. The van der Waals surface area contributed by atoms with E-state index in [1.807, 2.05) is 0 Å². The smallest absolute Gasteiger partial charge is 0.290 e. The van der Waals surface area contributed by atoms with Crippen molar-refractivity contribution in [1.29, 1.82) is 0 Å². The van der Waals surface area contributed by atoms with Gasteiger partial charge in [0.05, 0.1) is 4.92 Å². The second kappa shape index (κ2) is 5.63. The lowest BCUT2D eigenvalue weighted by molar-refractivity contribution is -0.521. The molecule has 15 heavy (non-hydrogen) atoms. The molecule has 90 valence electrons. The number of phosphoric acid groups is 1. The van der Waals surface area contributed by atoms with Gasteiger partial charge in [-0.2, -0.15) is 0 Å². The van der Waals surface area contributed by atoms with Crippen LogP contribution in [-0.4, -0.2) is 29.2 Å². The third-order valence-corrected chi connectivity index (χ3v) is 3.97. The first-order valence-corrected chi connectivity index (χ1v) is 5.91. The van der Waals surface area contributed by atoms with E-state index in [2.05, 4.69) is 13.6 Å². The highest BCUT2D eigenvalue weighted by atomic mass is 35.5. The van der Waals surface area contributed by atoms with Crippen LogP contribution in [0.25, 0.3) is 0 Å². The second-order valence-corrected chi connectivity index (χ2v) is 5.66. The van der Waals surface area contributed by atoms with E-state index in [0.717, 1.165) is 14.2 Å². The Morgan fingerprint density at radius 1 is 1.40 bits per heavy atom. The Bertz CT molecular complexity index is 278. The summed E-state index contributed by atoms with van der Waals surface area (Å²) >= 11 is 15.8. The van der Waals surface area contributed by atoms with Crippen LogP contribution >= 0.6 is 42.6 Å². The Morgan fingerprint density at radius 2 is 1.80 bits per heavy atom. The molecule has 7 nitrogen and oxygen atoms in total. The molecule has 0 aliphatic carbocycles. The van der Waals surface area contributed by atoms with Gasteiger partial charge in [0, 0.05) is 14.2 Å². The third-order valence-electron chi connectivity index (χ3n) is 1.19. The minimum absolute atomic E-state index is 1.00. The maximum absolute atomic E-state index is 11.3. The highest BCUT2D eigenvalue weighted by Gasteiger charge is 2.51. The van der Waals surface area contributed by atoms with Crippen molar-refractivity contribution in [2.24, 2.45) is 0 Å². The minimum atomic E-state index is -3.98. The molecule has 0 aromatic carbocycles. The Morgan fingerprint density at radius 3 is 2.07 bits per heavy atom. The number of phosphoric ester groups is 1. The number of hydrogen-bond donors (Lipinski definition) is 0. The summed E-state index contributed by atoms with van der Waals surface area (Å²) in [4.78, 5) is 9.22. The van der Waals surface area contributed by atoms with Gasteiger partial charge in [0.2, 0.25) is 5.56 Å². The summed E-state index contributed by atoms with van der Waals surface area (Å²) in [6.07, 6.45) is 0. The zero-order valence-corrected chi connectivity index (χ0v) is 10.7. The van der Waals surface area contributed by atoms with Crippen LogP contribution in [-0.2, 0) is 18.1 Å². The van der Waals surface area contributed by atoms with Crippen LogP contribution in [0, 0.1) is 10.1 Å². The van der Waals surface area contributed by atoms with E-state index in [9.17, 15) is 14.7 Å². The van der Waals surface area contributed by atoms with Crippen molar-refractivity contribution in [3.63, 3.8) is 0 Å². The van der Waals surface area contributed by atoms with Gasteiger partial charge in [-0.05, 0) is 23.2 Å². The molecular formula is C4H7Cl3NO6P. The van der Waals surface area contributed by atoms with Crippen LogP contribution < -0.4 is 0 Å². The van der Waals surface area contributed by atoms with Crippen molar-refractivity contribution in [1.82, 2.24) is 0 Å². The van der Waals surface area contributed by atoms with E-state index in [1.54, 1.807) is 0 Å². The average molecular weight is 302 g/mol. The largest absolute Gasteiger partial charge is 0.476 e. The quantitative estimate of drug-likeness (QED) is 0.246. The molecule has 0 rings (SSSR count). The Kier molecular flexibility index (Phi) is 5.77. The first kappa shape index (κ1) is 15.4. The van der Waals surface area contributed by atoms with Gasteiger partial charge in [-0.3, -0.25) is 23.7 Å². The van der Waals surface area contributed by atoms with Gasteiger partial charge < -0.3 is 0 Å². The molecule has 0 fully saturated rings. The van der Waals surface area contributed by atoms with Gasteiger partial charge in [0.25, 0.3) is 0 Å².